The largest absolute Gasteiger partial charge is 0.295 e. The Morgan fingerprint density at radius 2 is 2.08 bits per heavy atom. The summed E-state index contributed by atoms with van der Waals surface area (Å²) in [6, 6.07) is 0. The number of alkyl halides is 1. The number of Topliss-reactive ketones (excluding diaryl/α,β-unsaturated/α-hetero) is 1. The summed E-state index contributed by atoms with van der Waals surface area (Å²) in [4.78, 5) is 11.5. The lowest BCUT2D eigenvalue weighted by Crippen LogP contribution is -2.19. The van der Waals surface area contributed by atoms with Crippen molar-refractivity contribution < 1.29 is 4.79 Å². The summed E-state index contributed by atoms with van der Waals surface area (Å²) < 4.78 is 0. The van der Waals surface area contributed by atoms with Crippen molar-refractivity contribution in [1.82, 2.24) is 0 Å². The molecule has 0 bridgehead atoms. The zero-order valence-electron chi connectivity index (χ0n) is 8.78. The molecule has 0 aromatic rings. The molecule has 2 atom stereocenters. The molecule has 0 aromatic heterocycles. The van der Waals surface area contributed by atoms with Crippen LogP contribution in [0.1, 0.15) is 40.5 Å². The highest BCUT2D eigenvalue weighted by Crippen LogP contribution is 2.44. The molecular formula is C11H17ClO. The first-order valence-corrected chi connectivity index (χ1v) is 5.16. The van der Waals surface area contributed by atoms with Crippen molar-refractivity contribution in [3.8, 4) is 0 Å². The predicted octanol–water partition coefficient (Wildman–Crippen LogP) is 3.32. The molecule has 1 aliphatic rings. The fourth-order valence-electron chi connectivity index (χ4n) is 2.13. The van der Waals surface area contributed by atoms with Gasteiger partial charge in [0.25, 0.3) is 0 Å². The third-order valence-electron chi connectivity index (χ3n) is 3.17. The van der Waals surface area contributed by atoms with Gasteiger partial charge in [-0.2, -0.15) is 0 Å². The van der Waals surface area contributed by atoms with Crippen LogP contribution >= 0.6 is 11.6 Å². The Morgan fingerprint density at radius 3 is 2.38 bits per heavy atom. The predicted molar refractivity (Wildman–Crippen MR) is 56.0 cm³/mol. The SMILES string of the molecule is CC1=C(C)[C@](C)(C[C@H](C)Cl)CC1=O. The molecule has 0 amide bonds. The van der Waals surface area contributed by atoms with Crippen LogP contribution in [0.4, 0.5) is 0 Å². The quantitative estimate of drug-likeness (QED) is 0.625. The van der Waals surface area contributed by atoms with Crippen molar-refractivity contribution in [3.63, 3.8) is 0 Å². The Hall–Kier alpha value is -0.300. The summed E-state index contributed by atoms with van der Waals surface area (Å²) >= 11 is 5.97. The van der Waals surface area contributed by atoms with E-state index >= 15 is 0 Å². The number of hydrogen-bond donors (Lipinski definition) is 0. The minimum absolute atomic E-state index is 0.0162. The molecule has 0 radical (unpaired) electrons. The van der Waals surface area contributed by atoms with Gasteiger partial charge in [0, 0.05) is 11.8 Å². The maximum Gasteiger partial charge on any atom is 0.159 e. The number of halogens is 1. The van der Waals surface area contributed by atoms with Gasteiger partial charge in [-0.25, -0.2) is 0 Å². The smallest absolute Gasteiger partial charge is 0.159 e. The topological polar surface area (TPSA) is 17.1 Å². The van der Waals surface area contributed by atoms with E-state index in [1.807, 2.05) is 13.8 Å². The third-order valence-corrected chi connectivity index (χ3v) is 3.32. The van der Waals surface area contributed by atoms with E-state index in [2.05, 4.69) is 13.8 Å². The van der Waals surface area contributed by atoms with Gasteiger partial charge in [0.15, 0.2) is 5.78 Å². The zero-order valence-corrected chi connectivity index (χ0v) is 9.53. The summed E-state index contributed by atoms with van der Waals surface area (Å²) in [5.41, 5.74) is 2.19. The van der Waals surface area contributed by atoms with E-state index in [4.69, 9.17) is 11.6 Å². The van der Waals surface area contributed by atoms with Gasteiger partial charge in [0.2, 0.25) is 0 Å². The maximum absolute atomic E-state index is 11.5. The van der Waals surface area contributed by atoms with Gasteiger partial charge >= 0.3 is 0 Å². The highest BCUT2D eigenvalue weighted by Gasteiger charge is 2.38. The van der Waals surface area contributed by atoms with Gasteiger partial charge in [0.1, 0.15) is 0 Å². The van der Waals surface area contributed by atoms with Gasteiger partial charge < -0.3 is 0 Å². The van der Waals surface area contributed by atoms with Crippen molar-refractivity contribution in [2.24, 2.45) is 5.41 Å². The van der Waals surface area contributed by atoms with Crippen molar-refractivity contribution in [1.29, 1.82) is 0 Å². The molecule has 0 fully saturated rings. The average Bonchev–Trinajstić information content (AvgIpc) is 2.14. The minimum atomic E-state index is 0.0162. The Labute approximate surface area is 85.2 Å². The monoisotopic (exact) mass is 200 g/mol. The molecular weight excluding hydrogens is 184 g/mol. The number of carbonyl (C=O) groups excluding carboxylic acids is 1. The van der Waals surface area contributed by atoms with Gasteiger partial charge in [0.05, 0.1) is 0 Å². The first kappa shape index (κ1) is 10.8. The van der Waals surface area contributed by atoms with E-state index in [0.29, 0.717) is 6.42 Å². The van der Waals surface area contributed by atoms with E-state index in [1.165, 1.54) is 5.57 Å². The molecule has 0 saturated heterocycles. The van der Waals surface area contributed by atoms with Crippen LogP contribution in [0.25, 0.3) is 0 Å². The van der Waals surface area contributed by atoms with Crippen LogP contribution in [-0.2, 0) is 4.79 Å². The van der Waals surface area contributed by atoms with Gasteiger partial charge in [-0.05, 0) is 38.2 Å². The Kier molecular flexibility index (Phi) is 2.86. The Bertz CT molecular complexity index is 265. The highest BCUT2D eigenvalue weighted by atomic mass is 35.5. The van der Waals surface area contributed by atoms with Gasteiger partial charge in [-0.15, -0.1) is 11.6 Å². The van der Waals surface area contributed by atoms with Crippen LogP contribution in [0.5, 0.6) is 0 Å². The van der Waals surface area contributed by atoms with Crippen LogP contribution in [0.3, 0.4) is 0 Å². The summed E-state index contributed by atoms with van der Waals surface area (Å²) in [7, 11) is 0. The van der Waals surface area contributed by atoms with E-state index < -0.39 is 0 Å². The second kappa shape index (κ2) is 3.45. The van der Waals surface area contributed by atoms with E-state index in [-0.39, 0.29) is 16.6 Å². The van der Waals surface area contributed by atoms with E-state index in [1.54, 1.807) is 0 Å². The summed E-state index contributed by atoms with van der Waals surface area (Å²) in [6.45, 7) is 8.09. The standard InChI is InChI=1S/C11H17ClO/c1-7(12)5-11(4)6-10(13)8(2)9(11)3/h7H,5-6H2,1-4H3/t7-,11+/m0/s1. The van der Waals surface area contributed by atoms with Crippen molar-refractivity contribution >= 4 is 17.4 Å². The molecule has 0 saturated carbocycles. The Morgan fingerprint density at radius 1 is 1.54 bits per heavy atom. The van der Waals surface area contributed by atoms with Crippen molar-refractivity contribution in [3.05, 3.63) is 11.1 Å². The van der Waals surface area contributed by atoms with E-state index in [0.717, 1.165) is 12.0 Å². The second-order valence-corrected chi connectivity index (χ2v) is 5.14. The molecule has 1 rings (SSSR count). The molecule has 0 unspecified atom stereocenters. The average molecular weight is 201 g/mol. The van der Waals surface area contributed by atoms with Crippen LogP contribution in [0, 0.1) is 5.41 Å². The molecule has 0 N–H and O–H groups in total. The Balaban J connectivity index is 2.90. The zero-order chi connectivity index (χ0) is 10.2. The number of ketones is 1. The molecule has 0 spiro atoms. The number of rotatable bonds is 2. The highest BCUT2D eigenvalue weighted by molar-refractivity contribution is 6.20. The van der Waals surface area contributed by atoms with Crippen LogP contribution in [0.2, 0.25) is 0 Å². The summed E-state index contributed by atoms with van der Waals surface area (Å²) in [6.07, 6.45) is 1.53. The molecule has 2 heteroatoms. The van der Waals surface area contributed by atoms with Crippen molar-refractivity contribution in [2.45, 2.75) is 45.9 Å². The fourth-order valence-corrected chi connectivity index (χ4v) is 2.47. The fraction of sp³-hybridized carbons (Fsp3) is 0.727. The lowest BCUT2D eigenvalue weighted by Gasteiger charge is -2.26. The number of allylic oxidation sites excluding steroid dienone is 2. The lowest BCUT2D eigenvalue weighted by atomic mass is 9.79. The number of carbonyl (C=O) groups is 1. The normalized spacial score (nSPS) is 31.3. The van der Waals surface area contributed by atoms with Crippen LogP contribution in [0.15, 0.2) is 11.1 Å². The summed E-state index contributed by atoms with van der Waals surface area (Å²) in [5.74, 6) is 0.289. The molecule has 1 nitrogen and oxygen atoms in total. The van der Waals surface area contributed by atoms with Crippen LogP contribution < -0.4 is 0 Å². The third kappa shape index (κ3) is 1.96. The molecule has 74 valence electrons. The lowest BCUT2D eigenvalue weighted by molar-refractivity contribution is -0.116. The summed E-state index contributed by atoms with van der Waals surface area (Å²) in [5, 5.41) is 0.138. The molecule has 0 aliphatic heterocycles. The molecule has 13 heavy (non-hydrogen) atoms. The molecule has 1 aliphatic carbocycles. The van der Waals surface area contributed by atoms with Crippen LogP contribution in [-0.4, -0.2) is 11.2 Å². The molecule has 0 aromatic carbocycles. The van der Waals surface area contributed by atoms with Gasteiger partial charge in [-0.1, -0.05) is 12.5 Å². The molecule has 0 heterocycles. The first-order chi connectivity index (χ1) is 5.87. The van der Waals surface area contributed by atoms with Crippen molar-refractivity contribution in [2.75, 3.05) is 0 Å². The van der Waals surface area contributed by atoms with Gasteiger partial charge in [-0.3, -0.25) is 4.79 Å². The van der Waals surface area contributed by atoms with E-state index in [9.17, 15) is 4.79 Å². The number of hydrogen-bond acceptors (Lipinski definition) is 1. The first-order valence-electron chi connectivity index (χ1n) is 4.72. The maximum atomic E-state index is 11.5. The minimum Gasteiger partial charge on any atom is -0.295 e. The second-order valence-electron chi connectivity index (χ2n) is 4.40.